The van der Waals surface area contributed by atoms with Crippen LogP contribution in [0, 0.1) is 18.6 Å². The van der Waals surface area contributed by atoms with E-state index >= 15 is 8.78 Å². The highest BCUT2D eigenvalue weighted by Gasteiger charge is 2.34. The average Bonchev–Trinajstić information content (AvgIpc) is 3.97. The Morgan fingerprint density at radius 1 is 0.500 bits per heavy atom. The van der Waals surface area contributed by atoms with Gasteiger partial charge in [-0.3, -0.25) is 4.57 Å². The Morgan fingerprint density at radius 2 is 1.09 bits per heavy atom. The zero-order valence-corrected chi connectivity index (χ0v) is 45.6. The molecule has 76 heavy (non-hydrogen) atoms. The molecule has 0 fully saturated rings. The molecule has 1 aliphatic rings. The van der Waals surface area contributed by atoms with Crippen molar-refractivity contribution >= 4 is 44.6 Å². The molecule has 0 bridgehead atoms. The number of para-hydroxylation sites is 3. The Labute approximate surface area is 447 Å². The third kappa shape index (κ3) is 9.42. The lowest BCUT2D eigenvalue weighted by atomic mass is 9.81. The smallest absolute Gasteiger partial charge is 0.137 e. The minimum Gasteiger partial charge on any atom is -0.457 e. The number of fused-ring (bicyclic) bond motifs is 4. The van der Waals surface area contributed by atoms with Crippen molar-refractivity contribution in [1.29, 1.82) is 0 Å². The van der Waals surface area contributed by atoms with Gasteiger partial charge in [0.05, 0.1) is 28.1 Å². The molecule has 0 saturated heterocycles. The Balaban J connectivity index is 1.10. The normalized spacial score (nSPS) is 12.9. The zero-order valence-electron chi connectivity index (χ0n) is 45.6. The minimum absolute atomic E-state index is 0.0590. The predicted molar refractivity (Wildman–Crippen MR) is 314 cm³/mol. The molecule has 0 saturated carbocycles. The molecule has 3 heterocycles. The number of hydrogen-bond acceptors (Lipinski definition) is 4. The largest absolute Gasteiger partial charge is 0.457 e. The van der Waals surface area contributed by atoms with Crippen LogP contribution in [0.3, 0.4) is 0 Å². The van der Waals surface area contributed by atoms with E-state index in [0.29, 0.717) is 23.7 Å². The van der Waals surface area contributed by atoms with E-state index in [0.717, 1.165) is 95.4 Å². The van der Waals surface area contributed by atoms with Crippen LogP contribution in [0.4, 0.5) is 31.5 Å². The molecule has 0 unspecified atom stereocenters. The molecule has 10 aromatic rings. The SMILES string of the molecule is Cc1ccccc1-c1cc(Oc2ccc3c4ccccc4n(-c4cc(C(C)(C)C)ccn4)c3c2)cc(N2CN(c3c(-c4cc(F)cc(F)c4)cc(C(C)(C)C)cc3-c3cc(C(C)C)cc(C(C)C)c3)c3ccccc32)c1. The second kappa shape index (κ2) is 19.3. The predicted octanol–water partition coefficient (Wildman–Crippen LogP) is 19.6. The van der Waals surface area contributed by atoms with E-state index in [4.69, 9.17) is 9.72 Å². The second-order valence-electron chi connectivity index (χ2n) is 23.3. The van der Waals surface area contributed by atoms with Gasteiger partial charge in [0, 0.05) is 52.0 Å². The summed E-state index contributed by atoms with van der Waals surface area (Å²) in [7, 11) is 0. The van der Waals surface area contributed by atoms with Gasteiger partial charge in [0.25, 0.3) is 0 Å². The highest BCUT2D eigenvalue weighted by molar-refractivity contribution is 6.09. The van der Waals surface area contributed by atoms with E-state index in [-0.39, 0.29) is 22.7 Å². The molecule has 0 atom stereocenters. The number of hydrogen-bond donors (Lipinski definition) is 0. The number of nitrogens with zero attached hydrogens (tertiary/aromatic N) is 4. The summed E-state index contributed by atoms with van der Waals surface area (Å²) >= 11 is 0. The monoisotopic (exact) mass is 1000 g/mol. The van der Waals surface area contributed by atoms with Crippen LogP contribution in [0.15, 0.2) is 176 Å². The van der Waals surface area contributed by atoms with E-state index in [1.807, 2.05) is 6.20 Å². The van der Waals surface area contributed by atoms with E-state index in [2.05, 4.69) is 242 Å². The first-order valence-electron chi connectivity index (χ1n) is 26.6. The summed E-state index contributed by atoms with van der Waals surface area (Å²) < 4.78 is 40.5. The van der Waals surface area contributed by atoms with Crippen LogP contribution in [-0.4, -0.2) is 16.2 Å². The maximum atomic E-state index is 15.6. The molecular formula is C69H66F2N4O. The number of benzene rings is 8. The van der Waals surface area contributed by atoms with Gasteiger partial charge in [-0.05, 0) is 159 Å². The van der Waals surface area contributed by atoms with Gasteiger partial charge in [0.15, 0.2) is 0 Å². The Kier molecular flexibility index (Phi) is 12.7. The van der Waals surface area contributed by atoms with Gasteiger partial charge < -0.3 is 14.5 Å². The van der Waals surface area contributed by atoms with E-state index in [9.17, 15) is 0 Å². The highest BCUT2D eigenvalue weighted by atomic mass is 19.1. The fourth-order valence-electron chi connectivity index (χ4n) is 10.9. The van der Waals surface area contributed by atoms with Gasteiger partial charge >= 0.3 is 0 Å². The van der Waals surface area contributed by atoms with Crippen molar-refractivity contribution in [2.75, 3.05) is 16.5 Å². The zero-order chi connectivity index (χ0) is 53.4. The van der Waals surface area contributed by atoms with Crippen molar-refractivity contribution in [2.24, 2.45) is 0 Å². The van der Waals surface area contributed by atoms with Gasteiger partial charge in [-0.1, -0.05) is 142 Å². The van der Waals surface area contributed by atoms with Gasteiger partial charge in [-0.2, -0.15) is 0 Å². The first kappa shape index (κ1) is 50.1. The van der Waals surface area contributed by atoms with Crippen molar-refractivity contribution in [3.05, 3.63) is 216 Å². The number of aryl methyl sites for hydroxylation is 1. The maximum absolute atomic E-state index is 15.6. The Hall–Kier alpha value is -8.03. The van der Waals surface area contributed by atoms with Crippen LogP contribution in [0.25, 0.3) is 61.0 Å². The molecule has 5 nitrogen and oxygen atoms in total. The Bertz CT molecular complexity index is 3820. The van der Waals surface area contributed by atoms with Crippen LogP contribution in [0.2, 0.25) is 0 Å². The van der Waals surface area contributed by atoms with Crippen molar-refractivity contribution in [1.82, 2.24) is 9.55 Å². The van der Waals surface area contributed by atoms with Gasteiger partial charge in [0.2, 0.25) is 0 Å². The van der Waals surface area contributed by atoms with E-state index in [1.54, 1.807) is 0 Å². The fourth-order valence-corrected chi connectivity index (χ4v) is 10.9. The van der Waals surface area contributed by atoms with Crippen LogP contribution in [-0.2, 0) is 10.8 Å². The van der Waals surface area contributed by atoms with Crippen molar-refractivity contribution in [3.63, 3.8) is 0 Å². The molecule has 382 valence electrons. The summed E-state index contributed by atoms with van der Waals surface area (Å²) in [5.41, 5.74) is 16.8. The molecule has 8 aromatic carbocycles. The topological polar surface area (TPSA) is 33.5 Å². The number of anilines is 4. The quantitative estimate of drug-likeness (QED) is 0.137. The van der Waals surface area contributed by atoms with Crippen LogP contribution in [0.1, 0.15) is 109 Å². The average molecular weight is 1010 g/mol. The van der Waals surface area contributed by atoms with E-state index in [1.165, 1.54) is 28.8 Å². The summed E-state index contributed by atoms with van der Waals surface area (Å²) in [6.07, 6.45) is 1.91. The number of ether oxygens (including phenoxy) is 1. The number of halogens is 2. The summed E-state index contributed by atoms with van der Waals surface area (Å²) in [5.74, 6) is 1.54. The third-order valence-electron chi connectivity index (χ3n) is 15.2. The first-order chi connectivity index (χ1) is 36.3. The second-order valence-corrected chi connectivity index (χ2v) is 23.3. The molecule has 11 rings (SSSR count). The van der Waals surface area contributed by atoms with Gasteiger partial charge in [-0.25, -0.2) is 13.8 Å². The number of aromatic nitrogens is 2. The summed E-state index contributed by atoms with van der Waals surface area (Å²) in [6.45, 7) is 24.7. The van der Waals surface area contributed by atoms with Crippen LogP contribution < -0.4 is 14.5 Å². The van der Waals surface area contributed by atoms with Crippen LogP contribution >= 0.6 is 0 Å². The summed E-state index contributed by atoms with van der Waals surface area (Å²) in [6, 6.07) is 57.8. The summed E-state index contributed by atoms with van der Waals surface area (Å²) in [4.78, 5) is 9.60. The fraction of sp³-hybridized carbons (Fsp3) is 0.232. The minimum atomic E-state index is -0.622. The standard InChI is InChI=1S/C69H66F2N4O/c1-42(2)45-28-46(43(3)4)30-47(29-45)60-35-51(69(9,10)11)36-61(48-31-52(70)38-53(71)32-48)67(60)74-41-73(63-22-16-17-23-64(63)74)54-33-49(57-19-13-12-18-44(57)5)34-56(39-54)76-55-24-25-59-58-20-14-15-21-62(58)75(65(59)40-55)66-37-50(26-27-72-66)68(6,7)8/h12-40,42-43H,41H2,1-11H3. The molecule has 2 aromatic heterocycles. The van der Waals surface area contributed by atoms with Gasteiger partial charge in [0.1, 0.15) is 35.6 Å². The lowest BCUT2D eigenvalue weighted by Crippen LogP contribution is -2.25. The van der Waals surface area contributed by atoms with Gasteiger partial charge in [-0.15, -0.1) is 0 Å². The lowest BCUT2D eigenvalue weighted by Gasteiger charge is -2.31. The number of pyridine rings is 1. The molecule has 0 radical (unpaired) electrons. The Morgan fingerprint density at radius 3 is 1.75 bits per heavy atom. The van der Waals surface area contributed by atoms with Crippen molar-refractivity contribution in [2.45, 2.75) is 98.8 Å². The molecular weight excluding hydrogens is 939 g/mol. The molecule has 0 amide bonds. The molecule has 0 aliphatic carbocycles. The highest BCUT2D eigenvalue weighted by Crippen LogP contribution is 2.53. The van der Waals surface area contributed by atoms with Crippen molar-refractivity contribution in [3.8, 4) is 50.7 Å². The maximum Gasteiger partial charge on any atom is 0.137 e. The third-order valence-corrected chi connectivity index (χ3v) is 15.2. The molecule has 1 aliphatic heterocycles. The lowest BCUT2D eigenvalue weighted by molar-refractivity contribution is 0.483. The molecule has 0 N–H and O–H groups in total. The first-order valence-corrected chi connectivity index (χ1v) is 26.6. The summed E-state index contributed by atoms with van der Waals surface area (Å²) in [5, 5.41) is 2.25. The van der Waals surface area contributed by atoms with Crippen molar-refractivity contribution < 1.29 is 13.5 Å². The van der Waals surface area contributed by atoms with Crippen LogP contribution in [0.5, 0.6) is 11.5 Å². The molecule has 7 heteroatoms. The molecule has 0 spiro atoms. The number of rotatable bonds is 10. The van der Waals surface area contributed by atoms with E-state index < -0.39 is 11.6 Å².